The summed E-state index contributed by atoms with van der Waals surface area (Å²) >= 11 is 0. The number of nitrogens with one attached hydrogen (secondary N) is 2. The predicted octanol–water partition coefficient (Wildman–Crippen LogP) is 5.53. The third kappa shape index (κ3) is 6.47. The van der Waals surface area contributed by atoms with E-state index in [0.29, 0.717) is 21.8 Å². The number of esters is 2. The maximum absolute atomic E-state index is 15.1. The maximum Gasteiger partial charge on any atom is 0.393 e. The minimum Gasteiger partial charge on any atom is -0.462 e. The molecule has 2 aromatic heterocycles. The number of alkyl halides is 8. The molecule has 2 heterocycles. The van der Waals surface area contributed by atoms with Crippen LogP contribution in [-0.2, 0) is 19.1 Å². The lowest BCUT2D eigenvalue weighted by Gasteiger charge is -2.35. The Bertz CT molecular complexity index is 1750. The molecule has 50 heavy (non-hydrogen) atoms. The third-order valence-corrected chi connectivity index (χ3v) is 6.75. The first-order valence-electron chi connectivity index (χ1n) is 14.2. The van der Waals surface area contributed by atoms with Gasteiger partial charge in [-0.1, -0.05) is 36.4 Å². The van der Waals surface area contributed by atoms with Gasteiger partial charge in [-0.2, -0.15) is 45.3 Å². The number of anilines is 2. The molecule has 0 saturated heterocycles. The van der Waals surface area contributed by atoms with E-state index in [0.717, 1.165) is 0 Å². The molecular formula is C30H24F8N6O6. The number of carbonyl (C=O) groups excluding carboxylic acids is 4. The molecular weight excluding hydrogens is 692 g/mol. The maximum atomic E-state index is 15.1. The van der Waals surface area contributed by atoms with Gasteiger partial charge in [0.1, 0.15) is 11.1 Å². The van der Waals surface area contributed by atoms with Gasteiger partial charge in [0.25, 0.3) is 0 Å². The van der Waals surface area contributed by atoms with E-state index in [-0.39, 0.29) is 24.6 Å². The van der Waals surface area contributed by atoms with E-state index in [1.54, 1.807) is 0 Å². The van der Waals surface area contributed by atoms with Gasteiger partial charge < -0.3 is 20.1 Å². The van der Waals surface area contributed by atoms with Crippen molar-refractivity contribution in [3.05, 3.63) is 84.2 Å². The van der Waals surface area contributed by atoms with Gasteiger partial charge in [-0.05, 0) is 38.1 Å². The Labute approximate surface area is 275 Å². The van der Waals surface area contributed by atoms with Gasteiger partial charge in [0.15, 0.2) is 11.6 Å². The highest BCUT2D eigenvalue weighted by molar-refractivity contribution is 6.04. The van der Waals surface area contributed by atoms with E-state index in [1.807, 2.05) is 0 Å². The van der Waals surface area contributed by atoms with Gasteiger partial charge in [-0.15, -0.1) is 0 Å². The monoisotopic (exact) mass is 716 g/mol. The summed E-state index contributed by atoms with van der Waals surface area (Å²) in [6.07, 6.45) is 1.35. The highest BCUT2D eigenvalue weighted by Crippen LogP contribution is 2.53. The van der Waals surface area contributed by atoms with Crippen LogP contribution in [0.2, 0.25) is 0 Å². The van der Waals surface area contributed by atoms with E-state index in [1.165, 1.54) is 85.1 Å². The number of ether oxygens (including phenoxy) is 2. The Morgan fingerprint density at radius 2 is 0.920 bits per heavy atom. The molecule has 4 rings (SSSR count). The summed E-state index contributed by atoms with van der Waals surface area (Å²) < 4.78 is 131. The van der Waals surface area contributed by atoms with E-state index >= 15 is 35.1 Å². The summed E-state index contributed by atoms with van der Waals surface area (Å²) in [5, 5.41) is 9.76. The number of hydrogen-bond acceptors (Lipinski definition) is 8. The van der Waals surface area contributed by atoms with Crippen molar-refractivity contribution in [3.63, 3.8) is 0 Å². The molecule has 266 valence electrons. The van der Waals surface area contributed by atoms with Crippen molar-refractivity contribution in [3.8, 4) is 11.4 Å². The number of halogens is 8. The SMILES string of the molecule is CCOC(=O)c1cnn(-c2ccccc2)c1NC(=O)C(F)(F)C(F)(F)C(F)(F)C(F)(F)C(=O)Nc1c(C(=O)OCC)cnn1-c1ccccc1. The lowest BCUT2D eigenvalue weighted by Crippen LogP contribution is -2.68. The van der Waals surface area contributed by atoms with Crippen molar-refractivity contribution >= 4 is 35.4 Å². The lowest BCUT2D eigenvalue weighted by molar-refractivity contribution is -0.345. The first-order valence-corrected chi connectivity index (χ1v) is 14.2. The van der Waals surface area contributed by atoms with Crippen LogP contribution in [0.15, 0.2) is 73.1 Å². The average Bonchev–Trinajstić information content (AvgIpc) is 3.70. The number of rotatable bonds is 13. The number of hydrogen-bond donors (Lipinski definition) is 2. The van der Waals surface area contributed by atoms with Crippen LogP contribution in [0.25, 0.3) is 11.4 Å². The molecule has 0 aliphatic rings. The summed E-state index contributed by atoms with van der Waals surface area (Å²) in [6, 6.07) is 13.5. The number of aromatic nitrogens is 4. The van der Waals surface area contributed by atoms with Crippen molar-refractivity contribution in [2.45, 2.75) is 37.5 Å². The number of carbonyl (C=O) groups is 4. The molecule has 0 radical (unpaired) electrons. The topological polar surface area (TPSA) is 146 Å². The van der Waals surface area contributed by atoms with Crippen LogP contribution in [0, 0.1) is 0 Å². The van der Waals surface area contributed by atoms with Crippen LogP contribution in [-0.4, -0.2) is 80.2 Å². The highest BCUT2D eigenvalue weighted by Gasteiger charge is 2.84. The molecule has 12 nitrogen and oxygen atoms in total. The Balaban J connectivity index is 1.69. The van der Waals surface area contributed by atoms with Crippen molar-refractivity contribution in [2.24, 2.45) is 0 Å². The Hall–Kier alpha value is -5.82. The average molecular weight is 717 g/mol. The van der Waals surface area contributed by atoms with Crippen LogP contribution in [0.3, 0.4) is 0 Å². The first kappa shape index (κ1) is 37.0. The van der Waals surface area contributed by atoms with E-state index in [2.05, 4.69) is 10.2 Å². The molecule has 2 N–H and O–H groups in total. The van der Waals surface area contributed by atoms with E-state index in [4.69, 9.17) is 9.47 Å². The summed E-state index contributed by atoms with van der Waals surface area (Å²) in [5.41, 5.74) is -1.71. The lowest BCUT2D eigenvalue weighted by atomic mass is 9.97. The molecule has 0 saturated carbocycles. The zero-order valence-electron chi connectivity index (χ0n) is 25.6. The second kappa shape index (κ2) is 14.0. The molecule has 0 fully saturated rings. The van der Waals surface area contributed by atoms with Crippen LogP contribution >= 0.6 is 0 Å². The van der Waals surface area contributed by atoms with Crippen LogP contribution in [0.1, 0.15) is 34.6 Å². The van der Waals surface area contributed by atoms with Crippen molar-refractivity contribution < 1.29 is 63.8 Å². The number of benzene rings is 2. The van der Waals surface area contributed by atoms with Crippen LogP contribution in [0.5, 0.6) is 0 Å². The first-order chi connectivity index (χ1) is 23.4. The third-order valence-electron chi connectivity index (χ3n) is 6.75. The van der Waals surface area contributed by atoms with Crippen molar-refractivity contribution in [2.75, 3.05) is 23.8 Å². The number of nitrogens with zero attached hydrogens (tertiary/aromatic N) is 4. The van der Waals surface area contributed by atoms with Crippen LogP contribution in [0.4, 0.5) is 46.8 Å². The summed E-state index contributed by atoms with van der Waals surface area (Å²) in [4.78, 5) is 50.0. The summed E-state index contributed by atoms with van der Waals surface area (Å²) in [5.74, 6) is -39.3. The van der Waals surface area contributed by atoms with Gasteiger partial charge in [-0.3, -0.25) is 9.59 Å². The quantitative estimate of drug-likeness (QED) is 0.136. The molecule has 0 bridgehead atoms. The Morgan fingerprint density at radius 1 is 0.600 bits per heavy atom. The van der Waals surface area contributed by atoms with E-state index in [9.17, 15) is 19.2 Å². The second-order valence-corrected chi connectivity index (χ2v) is 9.96. The minimum absolute atomic E-state index is 0.0566. The predicted molar refractivity (Wildman–Crippen MR) is 156 cm³/mol. The van der Waals surface area contributed by atoms with Gasteiger partial charge in [-0.25, -0.2) is 19.0 Å². The minimum atomic E-state index is -7.30. The van der Waals surface area contributed by atoms with Crippen LogP contribution < -0.4 is 10.6 Å². The number of amides is 2. The molecule has 2 aromatic carbocycles. The van der Waals surface area contributed by atoms with E-state index < -0.39 is 70.2 Å². The second-order valence-electron chi connectivity index (χ2n) is 9.96. The molecule has 0 atom stereocenters. The van der Waals surface area contributed by atoms with Gasteiger partial charge in [0, 0.05) is 0 Å². The standard InChI is InChI=1S/C30H24F8N6O6/c1-3-49-23(45)19-15-39-43(17-11-7-5-8-12-17)21(19)41-25(47)27(31,32)29(35,36)30(37,38)28(33,34)26(48)42-22-20(24(46)50-4-2)16-40-44(22)18-13-9-6-10-14-18/h5-16H,3-4H2,1-2H3,(H,41,47)(H,42,48). The van der Waals surface area contributed by atoms with Gasteiger partial charge >= 0.3 is 47.4 Å². The highest BCUT2D eigenvalue weighted by atomic mass is 19.4. The normalized spacial score (nSPS) is 12.3. The smallest absolute Gasteiger partial charge is 0.393 e. The summed E-state index contributed by atoms with van der Waals surface area (Å²) in [6.45, 7) is 2.07. The molecule has 2 amide bonds. The fraction of sp³-hybridized carbons (Fsp3) is 0.267. The Morgan fingerprint density at radius 3 is 1.22 bits per heavy atom. The number of para-hydroxylation sites is 2. The molecule has 4 aromatic rings. The largest absolute Gasteiger partial charge is 0.462 e. The van der Waals surface area contributed by atoms with Crippen molar-refractivity contribution in [1.82, 2.24) is 19.6 Å². The summed E-state index contributed by atoms with van der Waals surface area (Å²) in [7, 11) is 0. The van der Waals surface area contributed by atoms with Gasteiger partial charge in [0.05, 0.1) is 37.0 Å². The Kier molecular flexibility index (Phi) is 10.3. The molecule has 0 spiro atoms. The molecule has 0 unspecified atom stereocenters. The molecule has 0 aliphatic carbocycles. The fourth-order valence-corrected chi connectivity index (χ4v) is 4.24. The molecule has 0 aliphatic heterocycles. The molecule has 20 heteroatoms. The van der Waals surface area contributed by atoms with Crippen molar-refractivity contribution in [1.29, 1.82) is 0 Å². The van der Waals surface area contributed by atoms with Gasteiger partial charge in [0.2, 0.25) is 0 Å². The zero-order valence-corrected chi connectivity index (χ0v) is 25.6. The fourth-order valence-electron chi connectivity index (χ4n) is 4.24. The zero-order chi connectivity index (χ0) is 37.1.